The van der Waals surface area contributed by atoms with Crippen molar-refractivity contribution in [3.63, 3.8) is 0 Å². The Labute approximate surface area is 141 Å². The Bertz CT molecular complexity index is 736. The first kappa shape index (κ1) is 17.1. The van der Waals surface area contributed by atoms with Crippen LogP contribution in [0.2, 0.25) is 10.0 Å². The van der Waals surface area contributed by atoms with Crippen molar-refractivity contribution in [3.8, 4) is 5.75 Å². The van der Waals surface area contributed by atoms with Crippen molar-refractivity contribution >= 4 is 34.9 Å². The van der Waals surface area contributed by atoms with Crippen LogP contribution in [0.5, 0.6) is 5.75 Å². The van der Waals surface area contributed by atoms with Crippen LogP contribution in [0.4, 0.5) is 5.69 Å². The molecule has 120 valence electrons. The SMILES string of the molecule is O=C(COc1ccccc1[N+](=O)[O-])OCc1ccc(Cl)cc1Cl. The van der Waals surface area contributed by atoms with Gasteiger partial charge in [-0.25, -0.2) is 4.79 Å². The highest BCUT2D eigenvalue weighted by molar-refractivity contribution is 6.35. The molecule has 2 rings (SSSR count). The summed E-state index contributed by atoms with van der Waals surface area (Å²) in [4.78, 5) is 21.9. The van der Waals surface area contributed by atoms with E-state index in [-0.39, 0.29) is 18.0 Å². The highest BCUT2D eigenvalue weighted by Crippen LogP contribution is 2.26. The second-order valence-electron chi connectivity index (χ2n) is 4.41. The van der Waals surface area contributed by atoms with Gasteiger partial charge in [0.25, 0.3) is 0 Å². The van der Waals surface area contributed by atoms with E-state index in [0.29, 0.717) is 15.6 Å². The number of hydrogen-bond donors (Lipinski definition) is 0. The van der Waals surface area contributed by atoms with E-state index in [2.05, 4.69) is 0 Å². The zero-order chi connectivity index (χ0) is 16.8. The van der Waals surface area contributed by atoms with Gasteiger partial charge in [-0.1, -0.05) is 41.4 Å². The molecule has 0 aliphatic heterocycles. The monoisotopic (exact) mass is 355 g/mol. The van der Waals surface area contributed by atoms with E-state index in [1.807, 2.05) is 0 Å². The molecule has 0 radical (unpaired) electrons. The van der Waals surface area contributed by atoms with E-state index in [1.54, 1.807) is 18.2 Å². The molecule has 6 nitrogen and oxygen atoms in total. The van der Waals surface area contributed by atoms with Gasteiger partial charge in [0.05, 0.1) is 4.92 Å². The summed E-state index contributed by atoms with van der Waals surface area (Å²) >= 11 is 11.7. The van der Waals surface area contributed by atoms with Crippen LogP contribution in [0.15, 0.2) is 42.5 Å². The van der Waals surface area contributed by atoms with Gasteiger partial charge in [-0.15, -0.1) is 0 Å². The number of ether oxygens (including phenoxy) is 2. The van der Waals surface area contributed by atoms with Crippen LogP contribution < -0.4 is 4.74 Å². The van der Waals surface area contributed by atoms with Crippen molar-refractivity contribution in [2.75, 3.05) is 6.61 Å². The van der Waals surface area contributed by atoms with Gasteiger partial charge >= 0.3 is 11.7 Å². The predicted molar refractivity (Wildman–Crippen MR) is 84.8 cm³/mol. The molecule has 0 atom stereocenters. The van der Waals surface area contributed by atoms with E-state index >= 15 is 0 Å². The molecular formula is C15H11Cl2NO5. The number of benzene rings is 2. The van der Waals surface area contributed by atoms with Gasteiger partial charge in [0.2, 0.25) is 0 Å². The minimum atomic E-state index is -0.672. The van der Waals surface area contributed by atoms with Crippen molar-refractivity contribution in [2.24, 2.45) is 0 Å². The molecule has 0 bridgehead atoms. The van der Waals surface area contributed by atoms with E-state index in [4.69, 9.17) is 32.7 Å². The average molecular weight is 356 g/mol. The lowest BCUT2D eigenvalue weighted by atomic mass is 10.2. The first-order valence-corrected chi connectivity index (χ1v) is 7.18. The Morgan fingerprint density at radius 2 is 1.91 bits per heavy atom. The fraction of sp³-hybridized carbons (Fsp3) is 0.133. The average Bonchev–Trinajstić information content (AvgIpc) is 2.52. The second kappa shape index (κ2) is 7.80. The number of nitro groups is 1. The van der Waals surface area contributed by atoms with Gasteiger partial charge in [-0.3, -0.25) is 10.1 Å². The fourth-order valence-corrected chi connectivity index (χ4v) is 2.17. The number of nitrogens with zero attached hydrogens (tertiary/aromatic N) is 1. The van der Waals surface area contributed by atoms with E-state index in [1.165, 1.54) is 24.3 Å². The predicted octanol–water partition coefficient (Wildman–Crippen LogP) is 4.02. The lowest BCUT2D eigenvalue weighted by Crippen LogP contribution is -2.15. The number of esters is 1. The van der Waals surface area contributed by atoms with Gasteiger partial charge in [0.1, 0.15) is 6.61 Å². The molecule has 0 amide bonds. The molecule has 0 N–H and O–H groups in total. The molecule has 0 saturated carbocycles. The summed E-state index contributed by atoms with van der Waals surface area (Å²) in [5.74, 6) is -0.673. The van der Waals surface area contributed by atoms with Crippen LogP contribution in [0, 0.1) is 10.1 Å². The number of halogens is 2. The maximum atomic E-state index is 11.7. The van der Waals surface area contributed by atoms with Crippen molar-refractivity contribution in [1.82, 2.24) is 0 Å². The van der Waals surface area contributed by atoms with E-state index in [9.17, 15) is 14.9 Å². The summed E-state index contributed by atoms with van der Waals surface area (Å²) in [6.45, 7) is -0.495. The molecule has 0 aliphatic rings. The molecule has 2 aromatic carbocycles. The largest absolute Gasteiger partial charge is 0.475 e. The Kier molecular flexibility index (Phi) is 5.78. The maximum absolute atomic E-state index is 11.7. The van der Waals surface area contributed by atoms with Crippen molar-refractivity contribution in [3.05, 3.63) is 68.2 Å². The topological polar surface area (TPSA) is 78.7 Å². The van der Waals surface area contributed by atoms with Gasteiger partial charge in [0.15, 0.2) is 12.4 Å². The van der Waals surface area contributed by atoms with Gasteiger partial charge in [-0.2, -0.15) is 0 Å². The van der Waals surface area contributed by atoms with Crippen molar-refractivity contribution in [2.45, 2.75) is 6.61 Å². The molecule has 8 heteroatoms. The third-order valence-electron chi connectivity index (χ3n) is 2.81. The smallest absolute Gasteiger partial charge is 0.344 e. The Morgan fingerprint density at radius 1 is 1.17 bits per heavy atom. The van der Waals surface area contributed by atoms with Crippen LogP contribution >= 0.6 is 23.2 Å². The summed E-state index contributed by atoms with van der Waals surface area (Å²) in [5.41, 5.74) is 0.371. The highest BCUT2D eigenvalue weighted by atomic mass is 35.5. The maximum Gasteiger partial charge on any atom is 0.344 e. The number of para-hydroxylation sites is 2. The first-order valence-electron chi connectivity index (χ1n) is 6.43. The van der Waals surface area contributed by atoms with E-state index in [0.717, 1.165) is 0 Å². The van der Waals surface area contributed by atoms with Gasteiger partial charge in [-0.05, 0) is 18.2 Å². The third kappa shape index (κ3) is 4.84. The number of nitro benzene ring substituents is 1. The van der Waals surface area contributed by atoms with Crippen LogP contribution in [-0.4, -0.2) is 17.5 Å². The summed E-state index contributed by atoms with van der Waals surface area (Å²) < 4.78 is 10.1. The van der Waals surface area contributed by atoms with Crippen LogP contribution in [-0.2, 0) is 16.1 Å². The Morgan fingerprint density at radius 3 is 2.61 bits per heavy atom. The summed E-state index contributed by atoms with van der Waals surface area (Å²) in [5, 5.41) is 11.7. The summed E-state index contributed by atoms with van der Waals surface area (Å²) in [7, 11) is 0. The van der Waals surface area contributed by atoms with Gasteiger partial charge < -0.3 is 9.47 Å². The lowest BCUT2D eigenvalue weighted by Gasteiger charge is -2.08. The molecule has 23 heavy (non-hydrogen) atoms. The number of rotatable bonds is 6. The van der Waals surface area contributed by atoms with Crippen molar-refractivity contribution < 1.29 is 19.2 Å². The standard InChI is InChI=1S/C15H11Cl2NO5/c16-11-6-5-10(12(17)7-11)8-23-15(19)9-22-14-4-2-1-3-13(14)18(20)21/h1-7H,8-9H2. The minimum absolute atomic E-state index is 0.000949. The summed E-state index contributed by atoms with van der Waals surface area (Å²) in [6, 6.07) is 10.6. The molecule has 0 unspecified atom stereocenters. The molecular weight excluding hydrogens is 345 g/mol. The minimum Gasteiger partial charge on any atom is -0.475 e. The lowest BCUT2D eigenvalue weighted by molar-refractivity contribution is -0.385. The molecule has 0 spiro atoms. The third-order valence-corrected chi connectivity index (χ3v) is 3.40. The van der Waals surface area contributed by atoms with Crippen molar-refractivity contribution in [1.29, 1.82) is 0 Å². The fourth-order valence-electron chi connectivity index (χ4n) is 1.71. The zero-order valence-corrected chi connectivity index (χ0v) is 13.2. The van der Waals surface area contributed by atoms with Gasteiger partial charge in [0, 0.05) is 21.7 Å². The quantitative estimate of drug-likeness (QED) is 0.444. The normalized spacial score (nSPS) is 10.2. The molecule has 0 fully saturated rings. The van der Waals surface area contributed by atoms with Crippen LogP contribution in [0.1, 0.15) is 5.56 Å². The number of hydrogen-bond acceptors (Lipinski definition) is 5. The number of carbonyl (C=O) groups is 1. The number of carbonyl (C=O) groups excluding carboxylic acids is 1. The van der Waals surface area contributed by atoms with E-state index < -0.39 is 17.5 Å². The van der Waals surface area contributed by atoms with Crippen LogP contribution in [0.25, 0.3) is 0 Å². The molecule has 2 aromatic rings. The second-order valence-corrected chi connectivity index (χ2v) is 5.25. The Hall–Kier alpha value is -2.31. The Balaban J connectivity index is 1.90. The molecule has 0 aliphatic carbocycles. The molecule has 0 aromatic heterocycles. The molecule has 0 saturated heterocycles. The van der Waals surface area contributed by atoms with Crippen LogP contribution in [0.3, 0.4) is 0 Å². The first-order chi connectivity index (χ1) is 11.0. The molecule has 0 heterocycles. The zero-order valence-electron chi connectivity index (χ0n) is 11.7. The summed E-state index contributed by atoms with van der Waals surface area (Å²) in [6.07, 6.45) is 0. The highest BCUT2D eigenvalue weighted by Gasteiger charge is 2.15.